The predicted molar refractivity (Wildman–Crippen MR) is 235 cm³/mol. The molecule has 0 saturated heterocycles. The van der Waals surface area contributed by atoms with E-state index in [1.807, 2.05) is 23.5 Å². The largest absolute Gasteiger partial charge is 0.455 e. The van der Waals surface area contributed by atoms with Crippen molar-refractivity contribution in [1.29, 1.82) is 0 Å². The van der Waals surface area contributed by atoms with E-state index in [1.54, 1.807) is 0 Å². The van der Waals surface area contributed by atoms with Gasteiger partial charge in [-0.25, -0.2) is 0 Å². The van der Waals surface area contributed by atoms with Crippen molar-refractivity contribution in [1.82, 2.24) is 0 Å². The Morgan fingerprint density at radius 2 is 0.909 bits per heavy atom. The normalized spacial score (nSPS) is 11.6. The van der Waals surface area contributed by atoms with Crippen molar-refractivity contribution in [3.63, 3.8) is 0 Å². The summed E-state index contributed by atoms with van der Waals surface area (Å²) >= 11 is 1.87. The highest BCUT2D eigenvalue weighted by Crippen LogP contribution is 2.46. The molecular weight excluding hydrogens is 687 g/mol. The Labute approximate surface area is 322 Å². The first-order valence-electron chi connectivity index (χ1n) is 18.7. The average molecular weight is 720 g/mol. The summed E-state index contributed by atoms with van der Waals surface area (Å²) in [7, 11) is 0. The van der Waals surface area contributed by atoms with Gasteiger partial charge in [0.1, 0.15) is 11.2 Å². The van der Waals surface area contributed by atoms with Crippen LogP contribution in [-0.4, -0.2) is 0 Å². The lowest BCUT2D eigenvalue weighted by Gasteiger charge is -2.28. The first kappa shape index (κ1) is 31.6. The quantitative estimate of drug-likeness (QED) is 0.170. The highest BCUT2D eigenvalue weighted by atomic mass is 32.1. The predicted octanol–water partition coefficient (Wildman–Crippen LogP) is 15.6. The maximum Gasteiger partial charge on any atom is 0.143 e. The van der Waals surface area contributed by atoms with Crippen LogP contribution in [-0.2, 0) is 0 Å². The lowest BCUT2D eigenvalue weighted by Crippen LogP contribution is -2.11. The molecule has 2 aromatic heterocycles. The van der Waals surface area contributed by atoms with Crippen LogP contribution < -0.4 is 4.90 Å². The number of hydrogen-bond donors (Lipinski definition) is 0. The second kappa shape index (κ2) is 12.9. The smallest absolute Gasteiger partial charge is 0.143 e. The average Bonchev–Trinajstić information content (AvgIpc) is 3.83. The van der Waals surface area contributed by atoms with E-state index in [0.717, 1.165) is 50.1 Å². The van der Waals surface area contributed by atoms with Gasteiger partial charge in [-0.15, -0.1) is 11.3 Å². The third kappa shape index (κ3) is 5.24. The number of anilines is 3. The summed E-state index contributed by atoms with van der Waals surface area (Å²) in [5, 5.41) is 7.37. The van der Waals surface area contributed by atoms with Crippen molar-refractivity contribution >= 4 is 81.3 Å². The molecule has 55 heavy (non-hydrogen) atoms. The maximum absolute atomic E-state index is 6.44. The Morgan fingerprint density at radius 1 is 0.364 bits per heavy atom. The van der Waals surface area contributed by atoms with Crippen molar-refractivity contribution < 1.29 is 4.42 Å². The molecule has 0 bridgehead atoms. The van der Waals surface area contributed by atoms with E-state index in [-0.39, 0.29) is 0 Å². The van der Waals surface area contributed by atoms with E-state index < -0.39 is 0 Å². The van der Waals surface area contributed by atoms with Crippen LogP contribution >= 0.6 is 11.3 Å². The Balaban J connectivity index is 1.08. The molecule has 0 aliphatic heterocycles. The van der Waals surface area contributed by atoms with Crippen molar-refractivity contribution in [2.75, 3.05) is 4.90 Å². The Hall–Kier alpha value is -6.94. The van der Waals surface area contributed by atoms with Crippen LogP contribution in [0.2, 0.25) is 0 Å². The zero-order valence-electron chi connectivity index (χ0n) is 29.8. The van der Waals surface area contributed by atoms with E-state index in [9.17, 15) is 0 Å². The molecule has 0 spiro atoms. The molecule has 0 saturated carbocycles. The fourth-order valence-electron chi connectivity index (χ4n) is 8.31. The first-order valence-corrected chi connectivity index (χ1v) is 19.5. The van der Waals surface area contributed by atoms with E-state index in [4.69, 9.17) is 4.42 Å². The molecule has 3 heteroatoms. The molecule has 0 atom stereocenters. The van der Waals surface area contributed by atoms with Gasteiger partial charge < -0.3 is 9.32 Å². The number of fused-ring (bicyclic) bond motifs is 7. The van der Waals surface area contributed by atoms with Gasteiger partial charge in [0, 0.05) is 59.0 Å². The fraction of sp³-hybridized carbons (Fsp3) is 0. The number of hydrogen-bond acceptors (Lipinski definition) is 3. The molecule has 0 radical (unpaired) electrons. The van der Waals surface area contributed by atoms with Crippen LogP contribution in [0.5, 0.6) is 0 Å². The van der Waals surface area contributed by atoms with Crippen molar-refractivity contribution in [2.24, 2.45) is 0 Å². The third-order valence-electron chi connectivity index (χ3n) is 10.9. The van der Waals surface area contributed by atoms with Crippen LogP contribution in [0.15, 0.2) is 205 Å². The van der Waals surface area contributed by atoms with Crippen molar-refractivity contribution in [2.45, 2.75) is 0 Å². The Morgan fingerprint density at radius 3 is 1.73 bits per heavy atom. The van der Waals surface area contributed by atoms with E-state index in [2.05, 4.69) is 193 Å². The van der Waals surface area contributed by atoms with E-state index >= 15 is 0 Å². The number of thiophene rings is 1. The van der Waals surface area contributed by atoms with Gasteiger partial charge in [0.15, 0.2) is 0 Å². The van der Waals surface area contributed by atoms with E-state index in [1.165, 1.54) is 53.2 Å². The molecule has 0 N–H and O–H groups in total. The minimum absolute atomic E-state index is 0.907. The van der Waals surface area contributed by atoms with E-state index in [0.29, 0.717) is 0 Å². The maximum atomic E-state index is 6.44. The molecule has 0 unspecified atom stereocenters. The van der Waals surface area contributed by atoms with Crippen LogP contribution in [0, 0.1) is 0 Å². The number of rotatable bonds is 6. The zero-order valence-corrected chi connectivity index (χ0v) is 30.6. The van der Waals surface area contributed by atoms with Gasteiger partial charge in [-0.2, -0.15) is 0 Å². The number of benzene rings is 9. The summed E-state index contributed by atoms with van der Waals surface area (Å²) in [6.45, 7) is 0. The number of nitrogens with zero attached hydrogens (tertiary/aromatic N) is 1. The molecule has 258 valence electrons. The lowest BCUT2D eigenvalue weighted by molar-refractivity contribution is 0.670. The van der Waals surface area contributed by atoms with Crippen LogP contribution in [0.4, 0.5) is 17.1 Å². The molecule has 9 aromatic carbocycles. The molecule has 2 nitrogen and oxygen atoms in total. The summed E-state index contributed by atoms with van der Waals surface area (Å²) < 4.78 is 9.05. The molecule has 0 fully saturated rings. The highest BCUT2D eigenvalue weighted by molar-refractivity contribution is 7.26. The summed E-state index contributed by atoms with van der Waals surface area (Å²) in [6, 6.07) is 72.1. The SMILES string of the molecule is c1ccc(N(c2ccc(-c3cccc4ccccc34)cc2)c2ccc(-c3cccc4c3oc3ccccc34)cc2)c(-c2cccc3c2sc2ccccc23)c1. The summed E-state index contributed by atoms with van der Waals surface area (Å²) in [4.78, 5) is 2.40. The van der Waals surface area contributed by atoms with Gasteiger partial charge >= 0.3 is 0 Å². The fourth-order valence-corrected chi connectivity index (χ4v) is 9.55. The van der Waals surface area contributed by atoms with Gasteiger partial charge in [0.2, 0.25) is 0 Å². The topological polar surface area (TPSA) is 16.4 Å². The van der Waals surface area contributed by atoms with Crippen LogP contribution in [0.3, 0.4) is 0 Å². The number of furan rings is 1. The van der Waals surface area contributed by atoms with Gasteiger partial charge in [0.05, 0.1) is 5.69 Å². The second-order valence-electron chi connectivity index (χ2n) is 14.0. The molecule has 11 rings (SSSR count). The van der Waals surface area contributed by atoms with Gasteiger partial charge in [0.25, 0.3) is 0 Å². The van der Waals surface area contributed by atoms with Gasteiger partial charge in [-0.1, -0.05) is 158 Å². The molecule has 0 aliphatic rings. The number of para-hydroxylation sites is 3. The summed E-state index contributed by atoms with van der Waals surface area (Å²) in [5.41, 5.74) is 12.2. The van der Waals surface area contributed by atoms with Crippen LogP contribution in [0.1, 0.15) is 0 Å². The zero-order chi connectivity index (χ0) is 36.3. The molecule has 2 heterocycles. The minimum atomic E-state index is 0.907. The van der Waals surface area contributed by atoms with Crippen LogP contribution in [0.25, 0.3) is 86.3 Å². The van der Waals surface area contributed by atoms with Crippen molar-refractivity contribution in [3.05, 3.63) is 200 Å². The Kier molecular flexibility index (Phi) is 7.39. The molecular formula is C52H33NOS. The highest BCUT2D eigenvalue weighted by Gasteiger charge is 2.20. The van der Waals surface area contributed by atoms with Gasteiger partial charge in [-0.3, -0.25) is 0 Å². The molecule has 0 aliphatic carbocycles. The van der Waals surface area contributed by atoms with Crippen molar-refractivity contribution in [3.8, 4) is 33.4 Å². The summed E-state index contributed by atoms with van der Waals surface area (Å²) in [5.74, 6) is 0. The molecule has 0 amide bonds. The third-order valence-corrected chi connectivity index (χ3v) is 12.1. The Bertz CT molecular complexity index is 3200. The summed E-state index contributed by atoms with van der Waals surface area (Å²) in [6.07, 6.45) is 0. The lowest BCUT2D eigenvalue weighted by atomic mass is 9.97. The van der Waals surface area contributed by atoms with Gasteiger partial charge in [-0.05, 0) is 69.9 Å². The second-order valence-corrected chi connectivity index (χ2v) is 15.1. The first-order chi connectivity index (χ1) is 27.3. The molecule has 11 aromatic rings. The standard InChI is InChI=1S/C52H33NOS/c1-2-14-39-34(12-1)13-9-18-40(39)35-26-30-37(31-27-35)53(38-32-28-36(29-33-38)41-19-10-20-45-43-16-4-7-24-49(43)54-51(41)45)48-23-6-3-15-42(48)46-21-11-22-47-44-17-5-8-25-50(44)55-52(46)47/h1-33H. The minimum Gasteiger partial charge on any atom is -0.455 e. The monoisotopic (exact) mass is 719 g/mol.